The number of hydrogen-bond donors (Lipinski definition) is 3. The minimum absolute atomic E-state index is 0.189. The van der Waals surface area contributed by atoms with Crippen molar-refractivity contribution < 1.29 is 14.3 Å². The molecule has 0 spiro atoms. The molecule has 1 aliphatic rings. The van der Waals surface area contributed by atoms with Crippen LogP contribution in [0.1, 0.15) is 59.3 Å². The van der Waals surface area contributed by atoms with Crippen molar-refractivity contribution in [3.05, 3.63) is 0 Å². The van der Waals surface area contributed by atoms with Crippen molar-refractivity contribution in [3.8, 4) is 0 Å². The van der Waals surface area contributed by atoms with E-state index in [0.29, 0.717) is 6.54 Å². The summed E-state index contributed by atoms with van der Waals surface area (Å²) in [6.45, 7) is 8.84. The van der Waals surface area contributed by atoms with Crippen LogP contribution in [0.5, 0.6) is 0 Å². The van der Waals surface area contributed by atoms with Gasteiger partial charge in [-0.15, -0.1) is 0 Å². The number of amides is 2. The van der Waals surface area contributed by atoms with Crippen LogP contribution in [-0.4, -0.2) is 43.8 Å². The Morgan fingerprint density at radius 3 is 2.13 bits per heavy atom. The fourth-order valence-corrected chi connectivity index (χ4v) is 2.55. The Balaban J connectivity index is 1.91. The highest BCUT2D eigenvalue weighted by molar-refractivity contribution is 5.78. The quantitative estimate of drug-likeness (QED) is 0.597. The van der Waals surface area contributed by atoms with E-state index >= 15 is 0 Å². The van der Waals surface area contributed by atoms with Crippen LogP contribution in [0.3, 0.4) is 0 Å². The Labute approximate surface area is 140 Å². The lowest BCUT2D eigenvalue weighted by molar-refractivity contribution is -0.125. The smallest absolute Gasteiger partial charge is 0.407 e. The van der Waals surface area contributed by atoms with Crippen molar-refractivity contribution >= 4 is 12.0 Å². The molecule has 0 aromatic rings. The largest absolute Gasteiger partial charge is 0.444 e. The summed E-state index contributed by atoms with van der Waals surface area (Å²) in [5.41, 5.74) is -0.448. The van der Waals surface area contributed by atoms with Gasteiger partial charge in [0.2, 0.25) is 5.91 Å². The Hall–Kier alpha value is -1.30. The first kappa shape index (κ1) is 19.7. The Bertz CT molecular complexity index is 361. The molecular formula is C17H33N3O3. The molecule has 6 heteroatoms. The third kappa shape index (κ3) is 10.2. The van der Waals surface area contributed by atoms with E-state index < -0.39 is 5.60 Å². The maximum atomic E-state index is 11.9. The fraction of sp³-hybridized carbons (Fsp3) is 0.882. The van der Waals surface area contributed by atoms with Crippen molar-refractivity contribution in [3.63, 3.8) is 0 Å². The number of piperidine rings is 1. The topological polar surface area (TPSA) is 79.5 Å². The Morgan fingerprint density at radius 2 is 1.57 bits per heavy atom. The van der Waals surface area contributed by atoms with Crippen LogP contribution in [0.15, 0.2) is 0 Å². The summed E-state index contributed by atoms with van der Waals surface area (Å²) in [7, 11) is 0. The highest BCUT2D eigenvalue weighted by Crippen LogP contribution is 2.11. The van der Waals surface area contributed by atoms with E-state index in [1.807, 2.05) is 20.8 Å². The summed E-state index contributed by atoms with van der Waals surface area (Å²) >= 11 is 0. The third-order valence-electron chi connectivity index (χ3n) is 3.78. The molecule has 1 aliphatic heterocycles. The molecule has 1 saturated heterocycles. The van der Waals surface area contributed by atoms with Crippen LogP contribution in [-0.2, 0) is 9.53 Å². The van der Waals surface area contributed by atoms with Gasteiger partial charge >= 0.3 is 6.09 Å². The van der Waals surface area contributed by atoms with Gasteiger partial charge in [-0.05, 0) is 59.5 Å². The van der Waals surface area contributed by atoms with Crippen LogP contribution in [0.25, 0.3) is 0 Å². The van der Waals surface area contributed by atoms with Gasteiger partial charge in [0.05, 0.1) is 0 Å². The second-order valence-corrected chi connectivity index (χ2v) is 7.16. The van der Waals surface area contributed by atoms with E-state index in [9.17, 15) is 9.59 Å². The van der Waals surface area contributed by atoms with E-state index in [0.717, 1.165) is 58.2 Å². The molecule has 0 radical (unpaired) electrons. The first-order chi connectivity index (χ1) is 10.9. The first-order valence-corrected chi connectivity index (χ1v) is 8.84. The van der Waals surface area contributed by atoms with Gasteiger partial charge in [0.15, 0.2) is 0 Å². The number of rotatable bonds is 8. The summed E-state index contributed by atoms with van der Waals surface area (Å²) in [4.78, 5) is 23.4. The standard InChI is InChI=1S/C17H33N3O3/c1-17(2,3)23-16(22)20-11-7-5-4-6-10-19-15(21)14-8-12-18-13-9-14/h14,18H,4-13H2,1-3H3,(H,19,21)(H,20,22). The van der Waals surface area contributed by atoms with E-state index in [1.165, 1.54) is 0 Å². The summed E-state index contributed by atoms with van der Waals surface area (Å²) in [6, 6.07) is 0. The summed E-state index contributed by atoms with van der Waals surface area (Å²) in [6.07, 6.45) is 5.56. The van der Waals surface area contributed by atoms with Crippen molar-refractivity contribution in [2.75, 3.05) is 26.2 Å². The monoisotopic (exact) mass is 327 g/mol. The zero-order valence-corrected chi connectivity index (χ0v) is 14.9. The van der Waals surface area contributed by atoms with Crippen molar-refractivity contribution in [2.45, 2.75) is 64.9 Å². The van der Waals surface area contributed by atoms with Crippen LogP contribution in [0.4, 0.5) is 4.79 Å². The molecule has 0 aromatic carbocycles. The molecule has 23 heavy (non-hydrogen) atoms. The Kier molecular flexibility index (Phi) is 8.99. The summed E-state index contributed by atoms with van der Waals surface area (Å²) < 4.78 is 5.16. The fourth-order valence-electron chi connectivity index (χ4n) is 2.55. The number of hydrogen-bond acceptors (Lipinski definition) is 4. The van der Waals surface area contributed by atoms with E-state index in [-0.39, 0.29) is 17.9 Å². The number of carbonyl (C=O) groups is 2. The lowest BCUT2D eigenvalue weighted by Gasteiger charge is -2.21. The van der Waals surface area contributed by atoms with Crippen molar-refractivity contribution in [2.24, 2.45) is 5.92 Å². The molecule has 2 amide bonds. The maximum Gasteiger partial charge on any atom is 0.407 e. The average Bonchev–Trinajstić information content (AvgIpc) is 2.48. The molecule has 0 bridgehead atoms. The van der Waals surface area contributed by atoms with Crippen molar-refractivity contribution in [1.82, 2.24) is 16.0 Å². The van der Waals surface area contributed by atoms with Crippen molar-refractivity contribution in [1.29, 1.82) is 0 Å². The Morgan fingerprint density at radius 1 is 1.00 bits per heavy atom. The molecule has 0 unspecified atom stereocenters. The number of nitrogens with one attached hydrogen (secondary N) is 3. The minimum atomic E-state index is -0.448. The van der Waals surface area contributed by atoms with Gasteiger partial charge in [-0.2, -0.15) is 0 Å². The van der Waals surface area contributed by atoms with Gasteiger partial charge in [0.1, 0.15) is 5.60 Å². The normalized spacial score (nSPS) is 16.0. The zero-order chi connectivity index (χ0) is 17.1. The summed E-state index contributed by atoms with van der Waals surface area (Å²) in [5.74, 6) is 0.396. The number of ether oxygens (including phenoxy) is 1. The van der Waals surface area contributed by atoms with E-state index in [4.69, 9.17) is 4.74 Å². The van der Waals surface area contributed by atoms with Gasteiger partial charge in [-0.25, -0.2) is 4.79 Å². The highest BCUT2D eigenvalue weighted by atomic mass is 16.6. The van der Waals surface area contributed by atoms with Gasteiger partial charge in [-0.3, -0.25) is 4.79 Å². The molecule has 3 N–H and O–H groups in total. The molecule has 0 saturated carbocycles. The van der Waals surface area contributed by atoms with Gasteiger partial charge < -0.3 is 20.7 Å². The third-order valence-corrected chi connectivity index (χ3v) is 3.78. The van der Waals surface area contributed by atoms with E-state index in [1.54, 1.807) is 0 Å². The molecule has 134 valence electrons. The SMILES string of the molecule is CC(C)(C)OC(=O)NCCCCCCNC(=O)C1CCNCC1. The molecule has 1 heterocycles. The molecule has 1 fully saturated rings. The van der Waals surface area contributed by atoms with Crippen LogP contribution in [0, 0.1) is 5.92 Å². The average molecular weight is 327 g/mol. The van der Waals surface area contributed by atoms with Crippen LogP contribution < -0.4 is 16.0 Å². The molecule has 0 aliphatic carbocycles. The predicted octanol–water partition coefficient (Wildman–Crippen LogP) is 2.19. The minimum Gasteiger partial charge on any atom is -0.444 e. The molecule has 6 nitrogen and oxygen atoms in total. The molecular weight excluding hydrogens is 294 g/mol. The maximum absolute atomic E-state index is 11.9. The second-order valence-electron chi connectivity index (χ2n) is 7.16. The molecule has 0 aromatic heterocycles. The number of unbranched alkanes of at least 4 members (excludes halogenated alkanes) is 3. The molecule has 0 atom stereocenters. The number of alkyl carbamates (subject to hydrolysis) is 1. The number of carbonyl (C=O) groups excluding carboxylic acids is 2. The lowest BCUT2D eigenvalue weighted by atomic mass is 9.97. The van der Waals surface area contributed by atoms with Gasteiger partial charge in [0.25, 0.3) is 0 Å². The molecule has 1 rings (SSSR count). The second kappa shape index (κ2) is 10.5. The highest BCUT2D eigenvalue weighted by Gasteiger charge is 2.20. The van der Waals surface area contributed by atoms with Crippen LogP contribution >= 0.6 is 0 Å². The zero-order valence-electron chi connectivity index (χ0n) is 14.9. The van der Waals surface area contributed by atoms with Gasteiger partial charge in [0, 0.05) is 19.0 Å². The predicted molar refractivity (Wildman–Crippen MR) is 91.3 cm³/mol. The first-order valence-electron chi connectivity index (χ1n) is 8.84. The summed E-state index contributed by atoms with van der Waals surface area (Å²) in [5, 5.41) is 9.05. The lowest BCUT2D eigenvalue weighted by Crippen LogP contribution is -2.38. The van der Waals surface area contributed by atoms with Gasteiger partial charge in [-0.1, -0.05) is 12.8 Å². The van der Waals surface area contributed by atoms with E-state index in [2.05, 4.69) is 16.0 Å². The van der Waals surface area contributed by atoms with Crippen LogP contribution in [0.2, 0.25) is 0 Å².